The number of halogens is 6. The van der Waals surface area contributed by atoms with E-state index < -0.39 is 34.9 Å². The minimum absolute atomic E-state index is 0. The minimum atomic E-state index is -1.33. The maximum Gasteiger partial charge on any atom is 0.166 e. The summed E-state index contributed by atoms with van der Waals surface area (Å²) in [5, 5.41) is 3.15. The summed E-state index contributed by atoms with van der Waals surface area (Å²) in [6.07, 6.45) is 2.07. The predicted molar refractivity (Wildman–Crippen MR) is 87.5 cm³/mol. The summed E-state index contributed by atoms with van der Waals surface area (Å²) in [5.41, 5.74) is -0.470. The first kappa shape index (κ1) is 22.4. The Morgan fingerprint density at radius 3 is 2.04 bits per heavy atom. The van der Waals surface area contributed by atoms with Crippen LogP contribution in [0.25, 0.3) is 0 Å². The fraction of sp³-hybridized carbons (Fsp3) is 0.600. The molecule has 23 heavy (non-hydrogen) atoms. The Balaban J connectivity index is 0.00000242. The fourth-order valence-corrected chi connectivity index (χ4v) is 2.78. The van der Waals surface area contributed by atoms with Crippen LogP contribution in [0, 0.1) is 23.3 Å². The first-order valence-electron chi connectivity index (χ1n) is 7.34. The van der Waals surface area contributed by atoms with Gasteiger partial charge in [0, 0.05) is 43.9 Å². The van der Waals surface area contributed by atoms with Crippen LogP contribution in [0.2, 0.25) is 0 Å². The van der Waals surface area contributed by atoms with Gasteiger partial charge in [-0.3, -0.25) is 4.90 Å². The van der Waals surface area contributed by atoms with Crippen LogP contribution in [0.3, 0.4) is 0 Å². The van der Waals surface area contributed by atoms with Crippen molar-refractivity contribution in [3.63, 3.8) is 0 Å². The molecule has 134 valence electrons. The average molecular weight is 377 g/mol. The van der Waals surface area contributed by atoms with E-state index in [0.29, 0.717) is 32.6 Å². The summed E-state index contributed by atoms with van der Waals surface area (Å²) in [4.78, 5) is 1.90. The third-order valence-electron chi connectivity index (χ3n) is 3.90. The van der Waals surface area contributed by atoms with Crippen molar-refractivity contribution >= 4 is 24.8 Å². The molecule has 1 aliphatic heterocycles. The summed E-state index contributed by atoms with van der Waals surface area (Å²) in [6, 6.07) is -0.361. The zero-order valence-electron chi connectivity index (χ0n) is 12.9. The predicted octanol–water partition coefficient (Wildman–Crippen LogP) is 4.22. The molecule has 0 spiro atoms. The van der Waals surface area contributed by atoms with Gasteiger partial charge in [-0.25, -0.2) is 17.6 Å². The average Bonchev–Trinajstić information content (AvgIpc) is 2.49. The summed E-state index contributed by atoms with van der Waals surface area (Å²) >= 11 is 0. The number of piperazine rings is 1. The van der Waals surface area contributed by atoms with E-state index in [1.54, 1.807) is 0 Å². The molecule has 0 amide bonds. The van der Waals surface area contributed by atoms with E-state index in [0.717, 1.165) is 12.8 Å². The van der Waals surface area contributed by atoms with Gasteiger partial charge in [0.2, 0.25) is 0 Å². The molecule has 0 unspecified atom stereocenters. The first-order valence-corrected chi connectivity index (χ1v) is 7.34. The first-order chi connectivity index (χ1) is 10.1. The van der Waals surface area contributed by atoms with Gasteiger partial charge in [-0.1, -0.05) is 19.8 Å². The molecule has 1 saturated heterocycles. The molecule has 1 atom stereocenters. The van der Waals surface area contributed by atoms with Gasteiger partial charge in [-0.15, -0.1) is 24.8 Å². The number of unbranched alkanes of at least 4 members (excludes halogenated alkanes) is 1. The lowest BCUT2D eigenvalue weighted by atomic mass is 9.97. The second kappa shape index (κ2) is 10.3. The van der Waals surface area contributed by atoms with Crippen molar-refractivity contribution in [2.24, 2.45) is 0 Å². The van der Waals surface area contributed by atoms with Gasteiger partial charge < -0.3 is 5.32 Å². The molecule has 8 heteroatoms. The lowest BCUT2D eigenvalue weighted by Crippen LogP contribution is -2.45. The van der Waals surface area contributed by atoms with Crippen LogP contribution in [-0.4, -0.2) is 31.1 Å². The van der Waals surface area contributed by atoms with E-state index in [9.17, 15) is 17.6 Å². The maximum atomic E-state index is 14.1. The molecule has 2 rings (SSSR count). The second-order valence-electron chi connectivity index (χ2n) is 5.33. The molecule has 0 radical (unpaired) electrons. The molecule has 1 heterocycles. The smallest absolute Gasteiger partial charge is 0.166 e. The molecule has 0 aromatic heterocycles. The van der Waals surface area contributed by atoms with Crippen molar-refractivity contribution in [2.75, 3.05) is 26.2 Å². The van der Waals surface area contributed by atoms with E-state index in [1.165, 1.54) is 0 Å². The molecule has 2 nitrogen and oxygen atoms in total. The van der Waals surface area contributed by atoms with Crippen molar-refractivity contribution in [3.8, 4) is 0 Å². The van der Waals surface area contributed by atoms with Gasteiger partial charge in [0.15, 0.2) is 23.3 Å². The normalized spacial score (nSPS) is 16.4. The number of hydrogen-bond acceptors (Lipinski definition) is 2. The van der Waals surface area contributed by atoms with Gasteiger partial charge in [0.1, 0.15) is 0 Å². The second-order valence-corrected chi connectivity index (χ2v) is 5.33. The Hall–Kier alpha value is -0.560. The Morgan fingerprint density at radius 2 is 1.57 bits per heavy atom. The molecular formula is C15H22Cl2F4N2. The lowest BCUT2D eigenvalue weighted by Gasteiger charge is -2.35. The Morgan fingerprint density at radius 1 is 1.04 bits per heavy atom. The molecule has 1 N–H and O–H groups in total. The number of nitrogens with zero attached hydrogens (tertiary/aromatic N) is 1. The van der Waals surface area contributed by atoms with Gasteiger partial charge in [-0.2, -0.15) is 0 Å². The zero-order chi connectivity index (χ0) is 15.4. The van der Waals surface area contributed by atoms with Gasteiger partial charge in [-0.05, 0) is 6.42 Å². The van der Waals surface area contributed by atoms with E-state index >= 15 is 0 Å². The quantitative estimate of drug-likeness (QED) is 0.611. The highest BCUT2D eigenvalue weighted by molar-refractivity contribution is 5.85. The van der Waals surface area contributed by atoms with Crippen molar-refractivity contribution in [1.29, 1.82) is 0 Å². The monoisotopic (exact) mass is 376 g/mol. The van der Waals surface area contributed by atoms with Gasteiger partial charge in [0.05, 0.1) is 0 Å². The zero-order valence-corrected chi connectivity index (χ0v) is 14.5. The standard InChI is InChI=1S/C15H20F4N2.2ClH/c1-2-3-4-12(21-7-5-20-6-8-21)13-14(18)10(16)9-11(17)15(13)19;;/h9,12,20H,2-8H2,1H3;2*1H/t12-;;/m1../s1. The van der Waals surface area contributed by atoms with Gasteiger partial charge in [0.25, 0.3) is 0 Å². The summed E-state index contributed by atoms with van der Waals surface area (Å²) in [5.74, 6) is -5.21. The lowest BCUT2D eigenvalue weighted by molar-refractivity contribution is 0.154. The van der Waals surface area contributed by atoms with E-state index in [2.05, 4.69) is 5.32 Å². The maximum absolute atomic E-state index is 14.1. The summed E-state index contributed by atoms with van der Waals surface area (Å²) < 4.78 is 55.0. The van der Waals surface area contributed by atoms with Crippen molar-refractivity contribution in [3.05, 3.63) is 34.9 Å². The van der Waals surface area contributed by atoms with Crippen molar-refractivity contribution in [1.82, 2.24) is 10.2 Å². The topological polar surface area (TPSA) is 15.3 Å². The van der Waals surface area contributed by atoms with Crippen LogP contribution in [-0.2, 0) is 0 Å². The summed E-state index contributed by atoms with van der Waals surface area (Å²) in [7, 11) is 0. The summed E-state index contributed by atoms with van der Waals surface area (Å²) in [6.45, 7) is 4.57. The molecule has 1 fully saturated rings. The highest BCUT2D eigenvalue weighted by Crippen LogP contribution is 2.33. The third-order valence-corrected chi connectivity index (χ3v) is 3.90. The molecule has 1 aliphatic rings. The van der Waals surface area contributed by atoms with Crippen molar-refractivity contribution in [2.45, 2.75) is 32.2 Å². The Bertz CT molecular complexity index is 471. The molecule has 0 saturated carbocycles. The van der Waals surface area contributed by atoms with Crippen LogP contribution < -0.4 is 5.32 Å². The third kappa shape index (κ3) is 5.21. The Labute approximate surface area is 146 Å². The largest absolute Gasteiger partial charge is 0.314 e. The Kier molecular flexibility index (Phi) is 10.1. The highest BCUT2D eigenvalue weighted by atomic mass is 35.5. The van der Waals surface area contributed by atoms with Crippen LogP contribution in [0.1, 0.15) is 37.8 Å². The van der Waals surface area contributed by atoms with Crippen molar-refractivity contribution < 1.29 is 17.6 Å². The van der Waals surface area contributed by atoms with E-state index in [-0.39, 0.29) is 30.9 Å². The van der Waals surface area contributed by atoms with Gasteiger partial charge >= 0.3 is 0 Å². The molecule has 1 aromatic carbocycles. The fourth-order valence-electron chi connectivity index (χ4n) is 2.78. The molecule has 1 aromatic rings. The molecular weight excluding hydrogens is 355 g/mol. The number of hydrogen-bond donors (Lipinski definition) is 1. The van der Waals surface area contributed by atoms with E-state index in [1.807, 2.05) is 11.8 Å². The number of nitrogens with one attached hydrogen (secondary N) is 1. The van der Waals surface area contributed by atoms with Crippen LogP contribution in [0.5, 0.6) is 0 Å². The van der Waals surface area contributed by atoms with E-state index in [4.69, 9.17) is 0 Å². The minimum Gasteiger partial charge on any atom is -0.314 e. The molecule has 0 bridgehead atoms. The molecule has 0 aliphatic carbocycles. The highest BCUT2D eigenvalue weighted by Gasteiger charge is 2.30. The van der Waals surface area contributed by atoms with Crippen LogP contribution >= 0.6 is 24.8 Å². The van der Waals surface area contributed by atoms with Crippen LogP contribution in [0.15, 0.2) is 6.07 Å². The number of rotatable bonds is 5. The SMILES string of the molecule is CCCC[C@H](c1c(F)c(F)cc(F)c1F)N1CCNCC1.Cl.Cl. The van der Waals surface area contributed by atoms with Crippen LogP contribution in [0.4, 0.5) is 17.6 Å². The number of benzene rings is 1.